The Morgan fingerprint density at radius 2 is 1.56 bits per heavy atom. The average molecular weight is 487 g/mol. The second-order valence-electron chi connectivity index (χ2n) is 8.87. The molecule has 0 aromatic heterocycles. The van der Waals surface area contributed by atoms with Crippen molar-refractivity contribution in [3.63, 3.8) is 0 Å². The number of ketones is 1. The van der Waals surface area contributed by atoms with Crippen molar-refractivity contribution in [2.75, 3.05) is 34.3 Å². The van der Waals surface area contributed by atoms with E-state index in [2.05, 4.69) is 0 Å². The number of likely N-dealkylation sites (N-methyl/N-ethyl adjacent to an activating group) is 1. The zero-order valence-corrected chi connectivity index (χ0v) is 20.7. The first kappa shape index (κ1) is 25.0. The number of rotatable bonds is 9. The monoisotopic (exact) mass is 486 g/mol. The second-order valence-corrected chi connectivity index (χ2v) is 8.87. The number of aliphatic hydroxyl groups is 1. The van der Waals surface area contributed by atoms with E-state index in [4.69, 9.17) is 9.47 Å². The van der Waals surface area contributed by atoms with Crippen LogP contribution in [-0.4, -0.2) is 60.9 Å². The molecule has 1 amide bonds. The first-order valence-corrected chi connectivity index (χ1v) is 11.7. The first-order chi connectivity index (χ1) is 17.4. The molecule has 7 nitrogen and oxygen atoms in total. The number of methoxy groups -OCH3 is 1. The summed E-state index contributed by atoms with van der Waals surface area (Å²) in [5.74, 6) is -0.237. The third-order valence-corrected chi connectivity index (χ3v) is 6.14. The molecule has 1 atom stereocenters. The van der Waals surface area contributed by atoms with Gasteiger partial charge in [0.15, 0.2) is 0 Å². The summed E-state index contributed by atoms with van der Waals surface area (Å²) in [7, 11) is 5.36. The highest BCUT2D eigenvalue weighted by molar-refractivity contribution is 6.46. The van der Waals surface area contributed by atoms with Gasteiger partial charge in [-0.1, -0.05) is 42.5 Å². The Bertz CT molecular complexity index is 1230. The number of Topliss-reactive ketones (excluding diaryl/α,β-unsaturated/α-hetero) is 1. The van der Waals surface area contributed by atoms with Crippen LogP contribution in [0.4, 0.5) is 0 Å². The zero-order valence-electron chi connectivity index (χ0n) is 20.7. The van der Waals surface area contributed by atoms with Gasteiger partial charge in [0.05, 0.1) is 18.7 Å². The Labute approximate surface area is 211 Å². The number of ether oxygens (including phenoxy) is 2. The molecule has 1 fully saturated rings. The predicted octanol–water partition coefficient (Wildman–Crippen LogP) is 4.26. The van der Waals surface area contributed by atoms with E-state index in [1.54, 1.807) is 31.4 Å². The van der Waals surface area contributed by atoms with Crippen LogP contribution in [-0.2, 0) is 16.2 Å². The molecule has 1 aliphatic heterocycles. The summed E-state index contributed by atoms with van der Waals surface area (Å²) < 4.78 is 11.1. The van der Waals surface area contributed by atoms with Gasteiger partial charge in [0.2, 0.25) is 0 Å². The Morgan fingerprint density at radius 1 is 0.917 bits per heavy atom. The van der Waals surface area contributed by atoms with E-state index in [9.17, 15) is 14.7 Å². The number of aliphatic hydroxyl groups excluding tert-OH is 1. The molecular formula is C29H30N2O5. The predicted molar refractivity (Wildman–Crippen MR) is 138 cm³/mol. The maximum atomic E-state index is 13.1. The highest BCUT2D eigenvalue weighted by atomic mass is 16.5. The number of likely N-dealkylation sites (tertiary alicyclic amines) is 1. The highest BCUT2D eigenvalue weighted by Gasteiger charge is 2.45. The van der Waals surface area contributed by atoms with E-state index in [1.165, 1.54) is 4.90 Å². The van der Waals surface area contributed by atoms with E-state index in [0.29, 0.717) is 36.8 Å². The minimum Gasteiger partial charge on any atom is -0.507 e. The van der Waals surface area contributed by atoms with E-state index in [-0.39, 0.29) is 11.3 Å². The molecule has 0 radical (unpaired) electrons. The van der Waals surface area contributed by atoms with Crippen LogP contribution in [0.25, 0.3) is 5.76 Å². The summed E-state index contributed by atoms with van der Waals surface area (Å²) in [5.41, 5.74) is 2.28. The summed E-state index contributed by atoms with van der Waals surface area (Å²) >= 11 is 0. The van der Waals surface area contributed by atoms with Gasteiger partial charge in [0.1, 0.15) is 23.9 Å². The molecule has 0 spiro atoms. The second kappa shape index (κ2) is 11.1. The molecule has 1 N–H and O–H groups in total. The molecule has 186 valence electrons. The topological polar surface area (TPSA) is 79.3 Å². The van der Waals surface area contributed by atoms with Gasteiger partial charge in [-0.25, -0.2) is 0 Å². The third-order valence-electron chi connectivity index (χ3n) is 6.14. The van der Waals surface area contributed by atoms with Crippen molar-refractivity contribution in [3.8, 4) is 11.5 Å². The fourth-order valence-corrected chi connectivity index (χ4v) is 4.16. The lowest BCUT2D eigenvalue weighted by Crippen LogP contribution is -2.35. The van der Waals surface area contributed by atoms with Gasteiger partial charge in [0, 0.05) is 18.7 Å². The molecular weight excluding hydrogens is 456 g/mol. The molecule has 3 aromatic carbocycles. The normalized spacial score (nSPS) is 17.0. The van der Waals surface area contributed by atoms with E-state index >= 15 is 0 Å². The van der Waals surface area contributed by atoms with Crippen molar-refractivity contribution in [3.05, 3.63) is 101 Å². The summed E-state index contributed by atoms with van der Waals surface area (Å²) in [4.78, 5) is 29.6. The standard InChI is InChI=1S/C29H30N2O5/c1-30(2)17-18-31-26(21-9-15-24(16-10-21)36-19-20-7-5-4-6-8-20)25(28(33)29(31)34)27(32)22-11-13-23(35-3)14-12-22/h4-16,26,32H,17-19H2,1-3H3/t26-/m1/s1. The summed E-state index contributed by atoms with van der Waals surface area (Å²) in [5, 5.41) is 11.2. The van der Waals surface area contributed by atoms with Gasteiger partial charge in [0.25, 0.3) is 11.7 Å². The number of hydrogen-bond donors (Lipinski definition) is 1. The third kappa shape index (κ3) is 5.42. The molecule has 0 unspecified atom stereocenters. The maximum Gasteiger partial charge on any atom is 0.295 e. The Kier molecular flexibility index (Phi) is 7.71. The number of carbonyl (C=O) groups is 2. The molecule has 4 rings (SSSR count). The van der Waals surface area contributed by atoms with Crippen molar-refractivity contribution >= 4 is 17.4 Å². The van der Waals surface area contributed by atoms with Gasteiger partial charge in [-0.05, 0) is 61.6 Å². The molecule has 0 aliphatic carbocycles. The van der Waals surface area contributed by atoms with Crippen LogP contribution in [0.3, 0.4) is 0 Å². The molecule has 1 saturated heterocycles. The maximum absolute atomic E-state index is 13.1. The molecule has 0 saturated carbocycles. The van der Waals surface area contributed by atoms with E-state index in [0.717, 1.165) is 11.1 Å². The SMILES string of the molecule is COc1ccc(C(O)=C2C(=O)C(=O)N(CCN(C)C)[C@@H]2c2ccc(OCc3ccccc3)cc2)cc1. The van der Waals surface area contributed by atoms with Gasteiger partial charge in [-0.2, -0.15) is 0 Å². The van der Waals surface area contributed by atoms with Crippen LogP contribution in [0, 0.1) is 0 Å². The quantitative estimate of drug-likeness (QED) is 0.277. The van der Waals surface area contributed by atoms with Crippen molar-refractivity contribution in [2.45, 2.75) is 12.6 Å². The van der Waals surface area contributed by atoms with Gasteiger partial charge in [-0.3, -0.25) is 9.59 Å². The van der Waals surface area contributed by atoms with Crippen molar-refractivity contribution < 1.29 is 24.2 Å². The number of hydrogen-bond acceptors (Lipinski definition) is 6. The highest BCUT2D eigenvalue weighted by Crippen LogP contribution is 2.39. The summed E-state index contributed by atoms with van der Waals surface area (Å²) in [6.45, 7) is 1.34. The Hall–Kier alpha value is -4.10. The number of benzene rings is 3. The van der Waals surface area contributed by atoms with Crippen molar-refractivity contribution in [1.29, 1.82) is 0 Å². The lowest BCUT2D eigenvalue weighted by atomic mass is 9.95. The number of amides is 1. The van der Waals surface area contributed by atoms with Gasteiger partial charge in [-0.15, -0.1) is 0 Å². The molecule has 0 bridgehead atoms. The van der Waals surface area contributed by atoms with Crippen LogP contribution in [0.1, 0.15) is 22.7 Å². The van der Waals surface area contributed by atoms with E-state index < -0.39 is 17.7 Å². The van der Waals surface area contributed by atoms with Crippen molar-refractivity contribution in [1.82, 2.24) is 9.80 Å². The van der Waals surface area contributed by atoms with Crippen LogP contribution in [0.5, 0.6) is 11.5 Å². The molecule has 7 heteroatoms. The molecule has 1 heterocycles. The zero-order chi connectivity index (χ0) is 25.7. The van der Waals surface area contributed by atoms with Crippen LogP contribution >= 0.6 is 0 Å². The minimum absolute atomic E-state index is 0.0712. The Balaban J connectivity index is 1.67. The minimum atomic E-state index is -0.713. The number of carbonyl (C=O) groups excluding carboxylic acids is 2. The lowest BCUT2D eigenvalue weighted by molar-refractivity contribution is -0.140. The van der Waals surface area contributed by atoms with Crippen molar-refractivity contribution in [2.24, 2.45) is 0 Å². The summed E-state index contributed by atoms with van der Waals surface area (Å²) in [6.07, 6.45) is 0. The molecule has 1 aliphatic rings. The van der Waals surface area contributed by atoms with Crippen LogP contribution < -0.4 is 9.47 Å². The van der Waals surface area contributed by atoms with Gasteiger partial charge >= 0.3 is 0 Å². The smallest absolute Gasteiger partial charge is 0.295 e. The Morgan fingerprint density at radius 3 is 2.17 bits per heavy atom. The van der Waals surface area contributed by atoms with Gasteiger partial charge < -0.3 is 24.4 Å². The van der Waals surface area contributed by atoms with Crippen LogP contribution in [0.15, 0.2) is 84.4 Å². The fourth-order valence-electron chi connectivity index (χ4n) is 4.16. The average Bonchev–Trinajstić information content (AvgIpc) is 3.16. The summed E-state index contributed by atoms with van der Waals surface area (Å²) in [6, 6.07) is 23.2. The van der Waals surface area contributed by atoms with Crippen LogP contribution in [0.2, 0.25) is 0 Å². The lowest BCUT2D eigenvalue weighted by Gasteiger charge is -2.26. The number of nitrogens with zero attached hydrogens (tertiary/aromatic N) is 2. The molecule has 3 aromatic rings. The largest absolute Gasteiger partial charge is 0.507 e. The fraction of sp³-hybridized carbons (Fsp3) is 0.241. The molecule has 36 heavy (non-hydrogen) atoms. The van der Waals surface area contributed by atoms with E-state index in [1.807, 2.05) is 73.6 Å². The first-order valence-electron chi connectivity index (χ1n) is 11.7.